The van der Waals surface area contributed by atoms with Crippen LogP contribution in [0.15, 0.2) is 72.8 Å². The lowest BCUT2D eigenvalue weighted by Crippen LogP contribution is -2.42. The number of benzene rings is 3. The Morgan fingerprint density at radius 3 is 1.86 bits per heavy atom. The van der Waals surface area contributed by atoms with Gasteiger partial charge in [-0.25, -0.2) is 8.78 Å². The molecule has 0 saturated carbocycles. The highest BCUT2D eigenvalue weighted by Crippen LogP contribution is 2.36. The Morgan fingerprint density at radius 1 is 0.829 bits per heavy atom. The molecule has 0 unspecified atom stereocenters. The van der Waals surface area contributed by atoms with Gasteiger partial charge in [-0.05, 0) is 79.0 Å². The Morgan fingerprint density at radius 2 is 1.34 bits per heavy atom. The first-order valence-corrected chi connectivity index (χ1v) is 12.8. The minimum atomic E-state index is -0.242. The van der Waals surface area contributed by atoms with Gasteiger partial charge in [0.05, 0.1) is 5.25 Å². The zero-order chi connectivity index (χ0) is 23.0. The molecule has 0 amide bonds. The quantitative estimate of drug-likeness (QED) is 0.292. The van der Waals surface area contributed by atoms with Gasteiger partial charge in [-0.15, -0.1) is 36.6 Å². The number of piperidine rings is 1. The van der Waals surface area contributed by atoms with Crippen LogP contribution in [0.1, 0.15) is 34.8 Å². The van der Waals surface area contributed by atoms with Crippen molar-refractivity contribution in [3.63, 3.8) is 0 Å². The standard InChI is InChI=1S/C27H29ClF2N2S.2ClH/c28-23-7-1-20(2-8-23)19-31-26-13-15-32(16-14-26)17-18-33-27(21-3-9-24(29)10-4-21)22-5-11-25(30)12-6-22;;/h1-12,26-27,31H,13-19H2;2*1H. The molecule has 3 aromatic carbocycles. The summed E-state index contributed by atoms with van der Waals surface area (Å²) >= 11 is 7.79. The predicted molar refractivity (Wildman–Crippen MR) is 149 cm³/mol. The smallest absolute Gasteiger partial charge is 0.123 e. The van der Waals surface area contributed by atoms with Gasteiger partial charge in [0.1, 0.15) is 11.6 Å². The first kappa shape index (κ1) is 29.9. The minimum Gasteiger partial charge on any atom is -0.310 e. The Bertz CT molecular complexity index is 951. The van der Waals surface area contributed by atoms with Crippen LogP contribution < -0.4 is 5.32 Å². The van der Waals surface area contributed by atoms with Crippen LogP contribution in [0.25, 0.3) is 0 Å². The van der Waals surface area contributed by atoms with E-state index in [0.717, 1.165) is 60.9 Å². The lowest BCUT2D eigenvalue weighted by molar-refractivity contribution is 0.207. The Labute approximate surface area is 228 Å². The topological polar surface area (TPSA) is 15.3 Å². The molecule has 1 saturated heterocycles. The van der Waals surface area contributed by atoms with Crippen LogP contribution >= 0.6 is 48.2 Å². The number of thioether (sulfide) groups is 1. The van der Waals surface area contributed by atoms with E-state index in [1.165, 1.54) is 29.8 Å². The Kier molecular flexibility index (Phi) is 12.8. The van der Waals surface area contributed by atoms with E-state index >= 15 is 0 Å². The molecule has 2 nitrogen and oxygen atoms in total. The van der Waals surface area contributed by atoms with E-state index in [9.17, 15) is 8.78 Å². The summed E-state index contributed by atoms with van der Waals surface area (Å²) in [6.07, 6.45) is 2.27. The largest absolute Gasteiger partial charge is 0.310 e. The van der Waals surface area contributed by atoms with E-state index in [1.54, 1.807) is 0 Å². The number of likely N-dealkylation sites (tertiary alicyclic amines) is 1. The van der Waals surface area contributed by atoms with Gasteiger partial charge < -0.3 is 10.2 Å². The van der Waals surface area contributed by atoms with Crippen LogP contribution in [-0.4, -0.2) is 36.3 Å². The second-order valence-electron chi connectivity index (χ2n) is 8.48. The van der Waals surface area contributed by atoms with Gasteiger partial charge in [0, 0.05) is 29.9 Å². The summed E-state index contributed by atoms with van der Waals surface area (Å²) in [6, 6.07) is 21.8. The molecular weight excluding hydrogens is 529 g/mol. The summed E-state index contributed by atoms with van der Waals surface area (Å²) in [4.78, 5) is 2.51. The molecule has 1 fully saturated rings. The van der Waals surface area contributed by atoms with Crippen LogP contribution in [0.5, 0.6) is 0 Å². The van der Waals surface area contributed by atoms with E-state index in [4.69, 9.17) is 11.6 Å². The van der Waals surface area contributed by atoms with Crippen molar-refractivity contribution in [2.75, 3.05) is 25.4 Å². The fourth-order valence-corrected chi connectivity index (χ4v) is 5.61. The highest BCUT2D eigenvalue weighted by atomic mass is 35.5. The van der Waals surface area contributed by atoms with Crippen LogP contribution in [0.2, 0.25) is 5.02 Å². The lowest BCUT2D eigenvalue weighted by Gasteiger charge is -2.32. The predicted octanol–water partition coefficient (Wildman–Crippen LogP) is 7.54. The molecule has 0 bridgehead atoms. The molecule has 1 aliphatic rings. The normalized spacial score (nSPS) is 14.4. The molecule has 0 aliphatic carbocycles. The number of hydrogen-bond donors (Lipinski definition) is 1. The van der Waals surface area contributed by atoms with Crippen molar-refractivity contribution >= 4 is 48.2 Å². The van der Waals surface area contributed by atoms with Gasteiger partial charge in [0.25, 0.3) is 0 Å². The second-order valence-corrected chi connectivity index (χ2v) is 10.1. The number of halogens is 5. The molecule has 3 aromatic rings. The molecule has 1 N–H and O–H groups in total. The van der Waals surface area contributed by atoms with E-state index < -0.39 is 0 Å². The van der Waals surface area contributed by atoms with Crippen LogP contribution in [0, 0.1) is 11.6 Å². The van der Waals surface area contributed by atoms with Crippen LogP contribution in [0.3, 0.4) is 0 Å². The van der Waals surface area contributed by atoms with Crippen molar-refractivity contribution in [1.29, 1.82) is 0 Å². The summed E-state index contributed by atoms with van der Waals surface area (Å²) in [5.74, 6) is 0.478. The van der Waals surface area contributed by atoms with Gasteiger partial charge in [0.2, 0.25) is 0 Å². The first-order chi connectivity index (χ1) is 16.1. The van der Waals surface area contributed by atoms with Crippen molar-refractivity contribution in [2.24, 2.45) is 0 Å². The molecule has 8 heteroatoms. The maximum absolute atomic E-state index is 13.4. The summed E-state index contributed by atoms with van der Waals surface area (Å²) in [6.45, 7) is 4.04. The Balaban J connectivity index is 0.00000216. The van der Waals surface area contributed by atoms with Gasteiger partial charge in [-0.1, -0.05) is 48.0 Å². The lowest BCUT2D eigenvalue weighted by atomic mass is 10.0. The van der Waals surface area contributed by atoms with Crippen LogP contribution in [-0.2, 0) is 6.54 Å². The van der Waals surface area contributed by atoms with E-state index in [1.807, 2.05) is 48.2 Å². The summed E-state index contributed by atoms with van der Waals surface area (Å²) in [5, 5.41) is 4.50. The van der Waals surface area contributed by atoms with Crippen molar-refractivity contribution in [2.45, 2.75) is 30.7 Å². The van der Waals surface area contributed by atoms with Gasteiger partial charge in [-0.3, -0.25) is 0 Å². The summed E-state index contributed by atoms with van der Waals surface area (Å²) in [5.41, 5.74) is 3.34. The maximum atomic E-state index is 13.4. The average molecular weight is 560 g/mol. The summed E-state index contributed by atoms with van der Waals surface area (Å²) < 4.78 is 26.9. The molecule has 0 radical (unpaired) electrons. The number of hydrogen-bond acceptors (Lipinski definition) is 3. The zero-order valence-electron chi connectivity index (χ0n) is 19.3. The molecule has 1 heterocycles. The van der Waals surface area contributed by atoms with E-state index in [0.29, 0.717) is 6.04 Å². The third-order valence-electron chi connectivity index (χ3n) is 6.13. The molecule has 190 valence electrons. The molecule has 35 heavy (non-hydrogen) atoms. The maximum Gasteiger partial charge on any atom is 0.123 e. The Hall–Kier alpha value is -1.34. The number of nitrogens with one attached hydrogen (secondary N) is 1. The SMILES string of the molecule is Cl.Cl.Fc1ccc(C(SCCN2CCC(NCc3ccc(Cl)cc3)CC2)c2ccc(F)cc2)cc1. The molecule has 0 spiro atoms. The second kappa shape index (κ2) is 15.0. The van der Waals surface area contributed by atoms with Crippen LogP contribution in [0.4, 0.5) is 8.78 Å². The van der Waals surface area contributed by atoms with E-state index in [-0.39, 0.29) is 41.7 Å². The average Bonchev–Trinajstić information content (AvgIpc) is 2.84. The van der Waals surface area contributed by atoms with Crippen molar-refractivity contribution < 1.29 is 8.78 Å². The summed E-state index contributed by atoms with van der Waals surface area (Å²) in [7, 11) is 0. The van der Waals surface area contributed by atoms with Gasteiger partial charge in [-0.2, -0.15) is 0 Å². The molecule has 0 atom stereocenters. The molecular formula is C27H31Cl3F2N2S. The van der Waals surface area contributed by atoms with Gasteiger partial charge in [0.15, 0.2) is 0 Å². The fraction of sp³-hybridized carbons (Fsp3) is 0.333. The molecule has 4 rings (SSSR count). The third kappa shape index (κ3) is 9.23. The van der Waals surface area contributed by atoms with Gasteiger partial charge >= 0.3 is 0 Å². The highest BCUT2D eigenvalue weighted by Gasteiger charge is 2.20. The first-order valence-electron chi connectivity index (χ1n) is 11.4. The van der Waals surface area contributed by atoms with E-state index in [2.05, 4.69) is 22.3 Å². The number of rotatable bonds is 9. The monoisotopic (exact) mass is 558 g/mol. The minimum absolute atomic E-state index is 0. The van der Waals surface area contributed by atoms with Crippen molar-refractivity contribution in [1.82, 2.24) is 10.2 Å². The fourth-order valence-electron chi connectivity index (χ4n) is 4.18. The third-order valence-corrected chi connectivity index (χ3v) is 7.68. The number of nitrogens with zero attached hydrogens (tertiary/aromatic N) is 1. The molecule has 1 aliphatic heterocycles. The van der Waals surface area contributed by atoms with Crippen molar-refractivity contribution in [3.8, 4) is 0 Å². The van der Waals surface area contributed by atoms with Crippen molar-refractivity contribution in [3.05, 3.63) is 106 Å². The zero-order valence-corrected chi connectivity index (χ0v) is 22.5. The highest BCUT2D eigenvalue weighted by molar-refractivity contribution is 7.99. The molecule has 0 aromatic heterocycles.